The monoisotopic (exact) mass is 386 g/mol. The molecule has 0 spiro atoms. The molecule has 1 heterocycles. The van der Waals surface area contributed by atoms with Gasteiger partial charge in [0, 0.05) is 11.5 Å². The summed E-state index contributed by atoms with van der Waals surface area (Å²) >= 11 is 1.33. The van der Waals surface area contributed by atoms with Crippen LogP contribution in [0.15, 0.2) is 24.3 Å². The number of anilines is 1. The number of hydrogen-bond donors (Lipinski definition) is 2. The van der Waals surface area contributed by atoms with Crippen LogP contribution in [-0.2, 0) is 9.59 Å². The van der Waals surface area contributed by atoms with E-state index in [0.29, 0.717) is 5.13 Å². The van der Waals surface area contributed by atoms with Crippen molar-refractivity contribution in [2.75, 3.05) is 5.32 Å². The molecule has 0 radical (unpaired) electrons. The van der Waals surface area contributed by atoms with Crippen LogP contribution in [0.4, 0.5) is 5.13 Å². The molecule has 2 amide bonds. The van der Waals surface area contributed by atoms with Gasteiger partial charge in [-0.1, -0.05) is 67.9 Å². The molecule has 144 valence electrons. The van der Waals surface area contributed by atoms with Crippen molar-refractivity contribution in [1.29, 1.82) is 0 Å². The third-order valence-corrected chi connectivity index (χ3v) is 6.11. The smallest absolute Gasteiger partial charge is 0.249 e. The van der Waals surface area contributed by atoms with E-state index < -0.39 is 6.04 Å². The zero-order valence-corrected chi connectivity index (χ0v) is 16.8. The molecule has 0 aliphatic heterocycles. The number of hydrogen-bond acceptors (Lipinski definition) is 5. The zero-order chi connectivity index (χ0) is 19.4. The summed E-state index contributed by atoms with van der Waals surface area (Å²) in [6.07, 6.45) is 3.71. The largest absolute Gasteiger partial charge is 0.344 e. The molecule has 1 saturated carbocycles. The molecule has 2 unspecified atom stereocenters. The minimum Gasteiger partial charge on any atom is -0.344 e. The van der Waals surface area contributed by atoms with E-state index in [4.69, 9.17) is 0 Å². The molecule has 0 saturated heterocycles. The van der Waals surface area contributed by atoms with E-state index in [-0.39, 0.29) is 23.7 Å². The van der Waals surface area contributed by atoms with Crippen molar-refractivity contribution in [3.8, 4) is 10.6 Å². The van der Waals surface area contributed by atoms with E-state index >= 15 is 0 Å². The van der Waals surface area contributed by atoms with E-state index in [1.165, 1.54) is 16.9 Å². The highest BCUT2D eigenvalue weighted by molar-refractivity contribution is 7.18. The van der Waals surface area contributed by atoms with Gasteiger partial charge >= 0.3 is 0 Å². The maximum atomic E-state index is 12.8. The topological polar surface area (TPSA) is 84.0 Å². The third kappa shape index (κ3) is 4.71. The van der Waals surface area contributed by atoms with Crippen LogP contribution in [0.2, 0.25) is 0 Å². The first-order valence-electron chi connectivity index (χ1n) is 9.49. The van der Waals surface area contributed by atoms with Gasteiger partial charge in [0.1, 0.15) is 11.0 Å². The molecular formula is C20H26N4O2S. The Kier molecular flexibility index (Phi) is 6.21. The van der Waals surface area contributed by atoms with Gasteiger partial charge in [-0.25, -0.2) is 0 Å². The van der Waals surface area contributed by atoms with Crippen LogP contribution in [0, 0.1) is 18.8 Å². The van der Waals surface area contributed by atoms with Crippen LogP contribution in [0.1, 0.15) is 45.1 Å². The second-order valence-electron chi connectivity index (χ2n) is 7.27. The lowest BCUT2D eigenvalue weighted by atomic mass is 9.84. The summed E-state index contributed by atoms with van der Waals surface area (Å²) in [5.74, 6) is -0.152. The van der Waals surface area contributed by atoms with Crippen molar-refractivity contribution in [2.24, 2.45) is 11.8 Å². The lowest BCUT2D eigenvalue weighted by molar-refractivity contribution is -0.132. The van der Waals surface area contributed by atoms with Gasteiger partial charge in [0.05, 0.1) is 0 Å². The molecule has 27 heavy (non-hydrogen) atoms. The van der Waals surface area contributed by atoms with Crippen molar-refractivity contribution < 1.29 is 9.59 Å². The molecule has 1 aliphatic rings. The van der Waals surface area contributed by atoms with Crippen LogP contribution >= 0.6 is 11.3 Å². The fourth-order valence-electron chi connectivity index (χ4n) is 2.91. The molecule has 2 aromatic rings. The highest BCUT2D eigenvalue weighted by Crippen LogP contribution is 2.28. The molecule has 2 atom stereocenters. The standard InChI is InChI=1S/C20H26N4O2S/c1-4-13(3)16(21-17(25)14-6-5-7-14)18(26)22-20-24-23-19(27-20)15-10-8-12(2)9-11-15/h8-11,13-14,16H,4-7H2,1-3H3,(H,21,25)(H,22,24,26). The molecule has 1 aromatic carbocycles. The Balaban J connectivity index is 1.67. The number of nitrogens with zero attached hydrogens (tertiary/aromatic N) is 2. The SMILES string of the molecule is CCC(C)C(NC(=O)C1CCC1)C(=O)Nc1nnc(-c2ccc(C)cc2)s1. The van der Waals surface area contributed by atoms with Crippen molar-refractivity contribution in [1.82, 2.24) is 15.5 Å². The molecule has 1 aliphatic carbocycles. The normalized spacial score (nSPS) is 16.3. The first-order chi connectivity index (χ1) is 13.0. The van der Waals surface area contributed by atoms with Crippen LogP contribution in [0.5, 0.6) is 0 Å². The van der Waals surface area contributed by atoms with Gasteiger partial charge in [0.25, 0.3) is 0 Å². The minimum absolute atomic E-state index is 0.0145. The molecule has 1 fully saturated rings. The second kappa shape index (κ2) is 8.61. The molecule has 0 bridgehead atoms. The Hall–Kier alpha value is -2.28. The predicted octanol–water partition coefficient (Wildman–Crippen LogP) is 3.78. The number of aryl methyl sites for hydroxylation is 1. The van der Waals surface area contributed by atoms with Gasteiger partial charge in [-0.3, -0.25) is 14.9 Å². The van der Waals surface area contributed by atoms with Crippen LogP contribution in [-0.4, -0.2) is 28.1 Å². The van der Waals surface area contributed by atoms with E-state index in [2.05, 4.69) is 20.8 Å². The number of rotatable bonds is 7. The summed E-state index contributed by atoms with van der Waals surface area (Å²) in [7, 11) is 0. The number of aromatic nitrogens is 2. The van der Waals surface area contributed by atoms with Gasteiger partial charge in [0.2, 0.25) is 16.9 Å². The summed E-state index contributed by atoms with van der Waals surface area (Å²) in [5.41, 5.74) is 2.14. The second-order valence-corrected chi connectivity index (χ2v) is 8.24. The highest BCUT2D eigenvalue weighted by atomic mass is 32.1. The van der Waals surface area contributed by atoms with Crippen molar-refractivity contribution in [3.63, 3.8) is 0 Å². The fourth-order valence-corrected chi connectivity index (χ4v) is 3.67. The van der Waals surface area contributed by atoms with Crippen molar-refractivity contribution in [3.05, 3.63) is 29.8 Å². The van der Waals surface area contributed by atoms with Gasteiger partial charge in [-0.2, -0.15) is 0 Å². The number of benzene rings is 1. The summed E-state index contributed by atoms with van der Waals surface area (Å²) in [6, 6.07) is 7.45. The van der Waals surface area contributed by atoms with Crippen LogP contribution in [0.25, 0.3) is 10.6 Å². The Morgan fingerprint density at radius 1 is 1.22 bits per heavy atom. The first-order valence-corrected chi connectivity index (χ1v) is 10.3. The summed E-state index contributed by atoms with van der Waals surface area (Å²) in [5, 5.41) is 15.2. The Morgan fingerprint density at radius 3 is 2.52 bits per heavy atom. The van der Waals surface area contributed by atoms with Gasteiger partial charge in [0.15, 0.2) is 0 Å². The Labute approximate surface area is 163 Å². The van der Waals surface area contributed by atoms with E-state index in [1.807, 2.05) is 45.0 Å². The van der Waals surface area contributed by atoms with E-state index in [0.717, 1.165) is 36.3 Å². The quantitative estimate of drug-likeness (QED) is 0.758. The Bertz CT molecular complexity index is 799. The highest BCUT2D eigenvalue weighted by Gasteiger charge is 2.32. The predicted molar refractivity (Wildman–Crippen MR) is 107 cm³/mol. The fraction of sp³-hybridized carbons (Fsp3) is 0.500. The zero-order valence-electron chi connectivity index (χ0n) is 16.0. The van der Waals surface area contributed by atoms with Crippen LogP contribution < -0.4 is 10.6 Å². The molecule has 1 aromatic heterocycles. The summed E-state index contributed by atoms with van der Waals surface area (Å²) in [6.45, 7) is 6.02. The number of amides is 2. The van der Waals surface area contributed by atoms with Crippen molar-refractivity contribution in [2.45, 2.75) is 52.5 Å². The maximum absolute atomic E-state index is 12.8. The first kappa shape index (κ1) is 19.5. The van der Waals surface area contributed by atoms with Gasteiger partial charge in [-0.05, 0) is 25.7 Å². The molecule has 7 heteroatoms. The maximum Gasteiger partial charge on any atom is 0.249 e. The number of nitrogens with one attached hydrogen (secondary N) is 2. The average molecular weight is 387 g/mol. The van der Waals surface area contributed by atoms with E-state index in [9.17, 15) is 9.59 Å². The molecular weight excluding hydrogens is 360 g/mol. The average Bonchev–Trinajstić information content (AvgIpc) is 3.06. The lowest BCUT2D eigenvalue weighted by Gasteiger charge is -2.29. The summed E-state index contributed by atoms with van der Waals surface area (Å²) in [4.78, 5) is 25.1. The lowest BCUT2D eigenvalue weighted by Crippen LogP contribution is -2.50. The molecule has 6 nitrogen and oxygen atoms in total. The molecule has 3 rings (SSSR count). The summed E-state index contributed by atoms with van der Waals surface area (Å²) < 4.78 is 0. The van der Waals surface area contributed by atoms with Gasteiger partial charge < -0.3 is 5.32 Å². The van der Waals surface area contributed by atoms with Crippen molar-refractivity contribution >= 4 is 28.3 Å². The minimum atomic E-state index is -0.560. The Morgan fingerprint density at radius 2 is 1.93 bits per heavy atom. The number of carbonyl (C=O) groups excluding carboxylic acids is 2. The number of carbonyl (C=O) groups is 2. The van der Waals surface area contributed by atoms with E-state index in [1.54, 1.807) is 0 Å². The third-order valence-electron chi connectivity index (χ3n) is 5.22. The van der Waals surface area contributed by atoms with Crippen LogP contribution in [0.3, 0.4) is 0 Å². The van der Waals surface area contributed by atoms with Gasteiger partial charge in [-0.15, -0.1) is 10.2 Å². The molecule has 2 N–H and O–H groups in total.